The predicted molar refractivity (Wildman–Crippen MR) is 87.7 cm³/mol. The fourth-order valence-electron chi connectivity index (χ4n) is 2.19. The molecule has 0 bridgehead atoms. The van der Waals surface area contributed by atoms with Crippen LogP contribution in [-0.4, -0.2) is 29.0 Å². The van der Waals surface area contributed by atoms with Crippen LogP contribution in [0.1, 0.15) is 5.56 Å². The first-order chi connectivity index (χ1) is 11.0. The molecule has 2 heterocycles. The fraction of sp³-hybridized carbons (Fsp3) is 0.267. The molecule has 6 nitrogen and oxygen atoms in total. The fourth-order valence-corrected chi connectivity index (χ4v) is 2.70. The van der Waals surface area contributed by atoms with Gasteiger partial charge in [0.2, 0.25) is 11.9 Å². The van der Waals surface area contributed by atoms with Gasteiger partial charge in [-0.15, -0.1) is 0 Å². The number of benzene rings is 1. The molecule has 1 amide bonds. The van der Waals surface area contributed by atoms with Gasteiger partial charge in [0.25, 0.3) is 0 Å². The quantitative estimate of drug-likeness (QED) is 0.892. The lowest BCUT2D eigenvalue weighted by molar-refractivity contribution is -0.122. The Hall–Kier alpha value is -2.05. The molecule has 0 saturated carbocycles. The first-order valence-electron chi connectivity index (χ1n) is 6.96. The molecule has 1 aromatic heterocycles. The van der Waals surface area contributed by atoms with Gasteiger partial charge in [0.15, 0.2) is 5.75 Å². The van der Waals surface area contributed by atoms with Gasteiger partial charge in [0.05, 0.1) is 18.3 Å². The molecule has 0 aliphatic carbocycles. The number of hydrogen-bond acceptors (Lipinski definition) is 5. The standard InChI is InChI=1S/C15H14Cl2N4O2/c16-12-2-1-3-13(17)11(12)8-23-10-4-19-15(20-5-10)21-6-9(7-21)14(18)22/h1-5,9H,6-8H2,(H2,18,22). The maximum Gasteiger partial charge on any atom is 0.225 e. The summed E-state index contributed by atoms with van der Waals surface area (Å²) in [6.45, 7) is 1.32. The van der Waals surface area contributed by atoms with Crippen LogP contribution in [0.3, 0.4) is 0 Å². The highest BCUT2D eigenvalue weighted by Crippen LogP contribution is 2.26. The summed E-state index contributed by atoms with van der Waals surface area (Å²) in [5, 5.41) is 1.10. The summed E-state index contributed by atoms with van der Waals surface area (Å²) in [6, 6.07) is 5.29. The number of ether oxygens (including phenoxy) is 1. The van der Waals surface area contributed by atoms with E-state index in [1.54, 1.807) is 30.6 Å². The second-order valence-corrected chi connectivity index (χ2v) is 6.03. The number of primary amides is 1. The van der Waals surface area contributed by atoms with Gasteiger partial charge in [-0.25, -0.2) is 9.97 Å². The van der Waals surface area contributed by atoms with Crippen molar-refractivity contribution in [3.8, 4) is 5.75 Å². The second-order valence-electron chi connectivity index (χ2n) is 5.21. The number of carbonyl (C=O) groups is 1. The van der Waals surface area contributed by atoms with Crippen molar-refractivity contribution in [2.45, 2.75) is 6.61 Å². The Labute approximate surface area is 143 Å². The van der Waals surface area contributed by atoms with E-state index in [2.05, 4.69) is 9.97 Å². The lowest BCUT2D eigenvalue weighted by Gasteiger charge is -2.37. The number of anilines is 1. The topological polar surface area (TPSA) is 81.3 Å². The molecule has 1 saturated heterocycles. The molecule has 1 aliphatic rings. The number of carbonyl (C=O) groups excluding carboxylic acids is 1. The summed E-state index contributed by atoms with van der Waals surface area (Å²) >= 11 is 12.2. The number of nitrogens with zero attached hydrogens (tertiary/aromatic N) is 3. The highest BCUT2D eigenvalue weighted by atomic mass is 35.5. The zero-order valence-corrected chi connectivity index (χ0v) is 13.6. The van der Waals surface area contributed by atoms with Crippen LogP contribution in [0.5, 0.6) is 5.75 Å². The minimum absolute atomic E-state index is 0.128. The van der Waals surface area contributed by atoms with Gasteiger partial charge in [-0.05, 0) is 12.1 Å². The van der Waals surface area contributed by atoms with E-state index in [0.717, 1.165) is 0 Å². The van der Waals surface area contributed by atoms with E-state index >= 15 is 0 Å². The van der Waals surface area contributed by atoms with Gasteiger partial charge in [-0.2, -0.15) is 0 Å². The molecule has 0 spiro atoms. The van der Waals surface area contributed by atoms with Gasteiger partial charge < -0.3 is 15.4 Å². The largest absolute Gasteiger partial charge is 0.486 e. The Kier molecular flexibility index (Phi) is 4.54. The third-order valence-electron chi connectivity index (χ3n) is 3.63. The Morgan fingerprint density at radius 2 is 1.87 bits per heavy atom. The first kappa shape index (κ1) is 15.8. The summed E-state index contributed by atoms with van der Waals surface area (Å²) in [7, 11) is 0. The maximum absolute atomic E-state index is 11.0. The van der Waals surface area contributed by atoms with Crippen LogP contribution in [0.2, 0.25) is 10.0 Å². The van der Waals surface area contributed by atoms with Crippen molar-refractivity contribution in [2.24, 2.45) is 11.7 Å². The van der Waals surface area contributed by atoms with Crippen molar-refractivity contribution in [3.63, 3.8) is 0 Å². The van der Waals surface area contributed by atoms with Crippen LogP contribution in [-0.2, 0) is 11.4 Å². The first-order valence-corrected chi connectivity index (χ1v) is 7.72. The van der Waals surface area contributed by atoms with Crippen molar-refractivity contribution in [2.75, 3.05) is 18.0 Å². The van der Waals surface area contributed by atoms with E-state index in [0.29, 0.717) is 40.4 Å². The molecule has 0 radical (unpaired) electrons. The minimum Gasteiger partial charge on any atom is -0.486 e. The smallest absolute Gasteiger partial charge is 0.225 e. The van der Waals surface area contributed by atoms with Gasteiger partial charge in [-0.1, -0.05) is 29.3 Å². The van der Waals surface area contributed by atoms with Crippen LogP contribution in [0, 0.1) is 5.92 Å². The van der Waals surface area contributed by atoms with Crippen LogP contribution in [0.15, 0.2) is 30.6 Å². The third kappa shape index (κ3) is 3.48. The number of nitrogens with two attached hydrogens (primary N) is 1. The molecule has 1 aromatic carbocycles. The maximum atomic E-state index is 11.0. The molecule has 120 valence electrons. The number of hydrogen-bond donors (Lipinski definition) is 1. The molecule has 1 aliphatic heterocycles. The predicted octanol–water partition coefficient (Wildman–Crippen LogP) is 2.28. The van der Waals surface area contributed by atoms with E-state index < -0.39 is 0 Å². The number of amides is 1. The Morgan fingerprint density at radius 3 is 2.43 bits per heavy atom. The second kappa shape index (κ2) is 6.60. The van der Waals surface area contributed by atoms with Crippen LogP contribution >= 0.6 is 23.2 Å². The molecule has 1 fully saturated rings. The van der Waals surface area contributed by atoms with E-state index in [1.165, 1.54) is 0 Å². The molecule has 2 N–H and O–H groups in total. The van der Waals surface area contributed by atoms with E-state index in [-0.39, 0.29) is 18.4 Å². The van der Waals surface area contributed by atoms with E-state index in [1.807, 2.05) is 4.90 Å². The summed E-state index contributed by atoms with van der Waals surface area (Å²) in [4.78, 5) is 21.3. The van der Waals surface area contributed by atoms with Crippen molar-refractivity contribution in [1.29, 1.82) is 0 Å². The third-order valence-corrected chi connectivity index (χ3v) is 4.33. The molecular formula is C15H14Cl2N4O2. The molecule has 2 aromatic rings. The van der Waals surface area contributed by atoms with Crippen molar-refractivity contribution < 1.29 is 9.53 Å². The number of rotatable bonds is 5. The van der Waals surface area contributed by atoms with E-state index in [4.69, 9.17) is 33.7 Å². The average molecular weight is 353 g/mol. The van der Waals surface area contributed by atoms with Crippen molar-refractivity contribution >= 4 is 35.1 Å². The lowest BCUT2D eigenvalue weighted by atomic mass is 10.0. The zero-order valence-electron chi connectivity index (χ0n) is 12.1. The van der Waals surface area contributed by atoms with Gasteiger partial charge in [-0.3, -0.25) is 4.79 Å². The van der Waals surface area contributed by atoms with Crippen molar-refractivity contribution in [3.05, 3.63) is 46.2 Å². The Morgan fingerprint density at radius 1 is 1.26 bits per heavy atom. The number of halogens is 2. The molecule has 0 unspecified atom stereocenters. The molecular weight excluding hydrogens is 339 g/mol. The average Bonchev–Trinajstić information content (AvgIpc) is 2.46. The summed E-state index contributed by atoms with van der Waals surface area (Å²) in [5.41, 5.74) is 5.95. The summed E-state index contributed by atoms with van der Waals surface area (Å²) < 4.78 is 5.61. The highest BCUT2D eigenvalue weighted by Gasteiger charge is 2.32. The lowest BCUT2D eigenvalue weighted by Crippen LogP contribution is -2.53. The summed E-state index contributed by atoms with van der Waals surface area (Å²) in [6.07, 6.45) is 3.15. The highest BCUT2D eigenvalue weighted by molar-refractivity contribution is 6.35. The van der Waals surface area contributed by atoms with Gasteiger partial charge in [0, 0.05) is 28.7 Å². The Bertz CT molecular complexity index is 698. The monoisotopic (exact) mass is 352 g/mol. The normalized spacial score (nSPS) is 14.4. The van der Waals surface area contributed by atoms with Crippen LogP contribution in [0.4, 0.5) is 5.95 Å². The van der Waals surface area contributed by atoms with Gasteiger partial charge in [0.1, 0.15) is 6.61 Å². The molecule has 0 atom stereocenters. The summed E-state index contributed by atoms with van der Waals surface area (Å²) in [5.74, 6) is 0.636. The molecule has 3 rings (SSSR count). The van der Waals surface area contributed by atoms with Crippen LogP contribution < -0.4 is 15.4 Å². The number of aromatic nitrogens is 2. The van der Waals surface area contributed by atoms with E-state index in [9.17, 15) is 4.79 Å². The SMILES string of the molecule is NC(=O)C1CN(c2ncc(OCc3c(Cl)cccc3Cl)cn2)C1. The van der Waals surface area contributed by atoms with Crippen molar-refractivity contribution in [1.82, 2.24) is 9.97 Å². The molecule has 23 heavy (non-hydrogen) atoms. The zero-order chi connectivity index (χ0) is 16.4. The molecule has 8 heteroatoms. The Balaban J connectivity index is 1.59. The minimum atomic E-state index is -0.294. The van der Waals surface area contributed by atoms with Crippen LogP contribution in [0.25, 0.3) is 0 Å². The van der Waals surface area contributed by atoms with Gasteiger partial charge >= 0.3 is 0 Å².